The molecule has 3 aromatic rings. The number of nitrogen functional groups attached to an aromatic ring is 1. The monoisotopic (exact) mass is 297 g/mol. The van der Waals surface area contributed by atoms with Crippen molar-refractivity contribution in [2.75, 3.05) is 11.5 Å². The summed E-state index contributed by atoms with van der Waals surface area (Å²) in [5.41, 5.74) is 7.81. The lowest BCUT2D eigenvalue weighted by atomic mass is 10.2. The van der Waals surface area contributed by atoms with E-state index in [-0.39, 0.29) is 5.95 Å². The van der Waals surface area contributed by atoms with Gasteiger partial charge in [0.25, 0.3) is 0 Å². The number of anilines is 1. The van der Waals surface area contributed by atoms with E-state index in [4.69, 9.17) is 10.2 Å². The van der Waals surface area contributed by atoms with Crippen LogP contribution in [0.5, 0.6) is 0 Å². The second-order valence-electron chi connectivity index (χ2n) is 4.51. The van der Waals surface area contributed by atoms with Crippen molar-refractivity contribution in [1.82, 2.24) is 9.97 Å². The zero-order chi connectivity index (χ0) is 14.5. The summed E-state index contributed by atoms with van der Waals surface area (Å²) in [6.45, 7) is 0. The maximum atomic E-state index is 5.77. The molecule has 2 aromatic heterocycles. The molecule has 5 heteroatoms. The Morgan fingerprint density at radius 2 is 1.90 bits per heavy atom. The highest BCUT2D eigenvalue weighted by atomic mass is 32.2. The number of furan rings is 1. The number of nitrogens with zero attached hydrogens (tertiary/aromatic N) is 2. The van der Waals surface area contributed by atoms with Gasteiger partial charge in [-0.2, -0.15) is 0 Å². The molecule has 21 heavy (non-hydrogen) atoms. The van der Waals surface area contributed by atoms with Crippen LogP contribution in [0.3, 0.4) is 0 Å². The van der Waals surface area contributed by atoms with Crippen molar-refractivity contribution in [2.45, 2.75) is 11.4 Å². The van der Waals surface area contributed by atoms with Crippen LogP contribution in [-0.2, 0) is 6.42 Å². The van der Waals surface area contributed by atoms with Crippen molar-refractivity contribution < 1.29 is 4.42 Å². The summed E-state index contributed by atoms with van der Waals surface area (Å²) in [5, 5.41) is 0.866. The zero-order valence-electron chi connectivity index (χ0n) is 11.4. The number of hydrogen-bond acceptors (Lipinski definition) is 5. The molecule has 0 saturated heterocycles. The van der Waals surface area contributed by atoms with Crippen LogP contribution in [0.2, 0.25) is 0 Å². The molecule has 0 aliphatic carbocycles. The van der Waals surface area contributed by atoms with E-state index >= 15 is 0 Å². The van der Waals surface area contributed by atoms with Gasteiger partial charge >= 0.3 is 0 Å². The van der Waals surface area contributed by atoms with Gasteiger partial charge in [-0.15, -0.1) is 11.8 Å². The molecular formula is C16H15N3OS. The van der Waals surface area contributed by atoms with Gasteiger partial charge < -0.3 is 10.2 Å². The molecule has 0 amide bonds. The third kappa shape index (κ3) is 3.64. The topological polar surface area (TPSA) is 64.9 Å². The van der Waals surface area contributed by atoms with Crippen LogP contribution in [0.4, 0.5) is 5.95 Å². The summed E-state index contributed by atoms with van der Waals surface area (Å²) >= 11 is 1.67. The second kappa shape index (κ2) is 6.45. The minimum absolute atomic E-state index is 0.270. The number of aromatic nitrogens is 2. The van der Waals surface area contributed by atoms with Gasteiger partial charge in [-0.25, -0.2) is 9.97 Å². The van der Waals surface area contributed by atoms with Crippen molar-refractivity contribution in [2.24, 2.45) is 0 Å². The maximum Gasteiger partial charge on any atom is 0.221 e. The molecule has 2 heterocycles. The molecule has 0 spiro atoms. The number of benzene rings is 1. The smallest absolute Gasteiger partial charge is 0.221 e. The Morgan fingerprint density at radius 3 is 2.67 bits per heavy atom. The lowest BCUT2D eigenvalue weighted by Crippen LogP contribution is -1.98. The average molecular weight is 297 g/mol. The highest BCUT2D eigenvalue weighted by molar-refractivity contribution is 7.99. The normalized spacial score (nSPS) is 10.7. The second-order valence-corrected chi connectivity index (χ2v) is 5.63. The third-order valence-corrected chi connectivity index (χ3v) is 3.89. The first-order chi connectivity index (χ1) is 10.3. The van der Waals surface area contributed by atoms with Gasteiger partial charge in [0.15, 0.2) is 5.76 Å². The predicted octanol–water partition coefficient (Wildman–Crippen LogP) is 3.65. The molecule has 0 atom stereocenters. The van der Waals surface area contributed by atoms with E-state index in [1.165, 1.54) is 5.56 Å². The van der Waals surface area contributed by atoms with Crippen LogP contribution in [0.1, 0.15) is 5.56 Å². The Labute approximate surface area is 127 Å². The van der Waals surface area contributed by atoms with E-state index in [2.05, 4.69) is 34.2 Å². The average Bonchev–Trinajstić information content (AvgIpc) is 3.02. The summed E-state index contributed by atoms with van der Waals surface area (Å²) < 4.78 is 5.35. The fraction of sp³-hybridized carbons (Fsp3) is 0.125. The largest absolute Gasteiger partial charge is 0.463 e. The molecule has 0 unspecified atom stereocenters. The van der Waals surface area contributed by atoms with Crippen LogP contribution in [0, 0.1) is 0 Å². The SMILES string of the molecule is Nc1nc(SCCc2ccccc2)cc(-c2ccco2)n1. The van der Waals surface area contributed by atoms with Gasteiger partial charge in [0.05, 0.1) is 6.26 Å². The van der Waals surface area contributed by atoms with Crippen molar-refractivity contribution in [1.29, 1.82) is 0 Å². The van der Waals surface area contributed by atoms with Gasteiger partial charge in [0.2, 0.25) is 5.95 Å². The summed E-state index contributed by atoms with van der Waals surface area (Å²) in [7, 11) is 0. The summed E-state index contributed by atoms with van der Waals surface area (Å²) in [5.74, 6) is 1.91. The van der Waals surface area contributed by atoms with Gasteiger partial charge in [-0.3, -0.25) is 0 Å². The first-order valence-corrected chi connectivity index (χ1v) is 7.65. The molecule has 0 aliphatic rings. The molecule has 2 N–H and O–H groups in total. The molecule has 0 bridgehead atoms. The fourth-order valence-electron chi connectivity index (χ4n) is 1.99. The number of rotatable bonds is 5. The molecule has 0 radical (unpaired) electrons. The Balaban J connectivity index is 1.68. The minimum atomic E-state index is 0.270. The van der Waals surface area contributed by atoms with E-state index in [0.717, 1.165) is 22.9 Å². The summed E-state index contributed by atoms with van der Waals surface area (Å²) in [6.07, 6.45) is 2.61. The van der Waals surface area contributed by atoms with Crippen LogP contribution >= 0.6 is 11.8 Å². The van der Waals surface area contributed by atoms with Gasteiger partial charge in [-0.1, -0.05) is 30.3 Å². The standard InChI is InChI=1S/C16H15N3OS/c17-16-18-13(14-7-4-9-20-14)11-15(19-16)21-10-8-12-5-2-1-3-6-12/h1-7,9,11H,8,10H2,(H2,17,18,19). The minimum Gasteiger partial charge on any atom is -0.463 e. The van der Waals surface area contributed by atoms with Crippen LogP contribution < -0.4 is 5.73 Å². The Morgan fingerprint density at radius 1 is 1.05 bits per heavy atom. The summed E-state index contributed by atoms with van der Waals surface area (Å²) in [4.78, 5) is 8.47. The lowest BCUT2D eigenvalue weighted by molar-refractivity contribution is 0.579. The van der Waals surface area contributed by atoms with Crippen molar-refractivity contribution in [3.05, 3.63) is 60.4 Å². The molecule has 106 valence electrons. The number of nitrogens with two attached hydrogens (primary N) is 1. The Hall–Kier alpha value is -2.27. The number of aryl methyl sites for hydroxylation is 1. The van der Waals surface area contributed by atoms with E-state index in [1.54, 1.807) is 18.0 Å². The molecule has 0 saturated carbocycles. The van der Waals surface area contributed by atoms with E-state index in [1.807, 2.05) is 24.3 Å². The molecular weight excluding hydrogens is 282 g/mol. The van der Waals surface area contributed by atoms with Crippen molar-refractivity contribution in [3.63, 3.8) is 0 Å². The van der Waals surface area contributed by atoms with Crippen LogP contribution in [0.25, 0.3) is 11.5 Å². The van der Waals surface area contributed by atoms with Crippen molar-refractivity contribution >= 4 is 17.7 Å². The zero-order valence-corrected chi connectivity index (χ0v) is 12.2. The van der Waals surface area contributed by atoms with E-state index in [9.17, 15) is 0 Å². The van der Waals surface area contributed by atoms with Crippen LogP contribution in [-0.4, -0.2) is 15.7 Å². The first kappa shape index (κ1) is 13.7. The molecule has 0 fully saturated rings. The van der Waals surface area contributed by atoms with Gasteiger partial charge in [-0.05, 0) is 24.1 Å². The van der Waals surface area contributed by atoms with Crippen LogP contribution in [0.15, 0.2) is 64.2 Å². The molecule has 3 rings (SSSR count). The third-order valence-electron chi connectivity index (χ3n) is 2.98. The number of thioether (sulfide) groups is 1. The van der Waals surface area contributed by atoms with E-state index < -0.39 is 0 Å². The Bertz CT molecular complexity index is 699. The molecule has 0 aliphatic heterocycles. The van der Waals surface area contributed by atoms with Gasteiger partial charge in [0.1, 0.15) is 10.7 Å². The van der Waals surface area contributed by atoms with Gasteiger partial charge in [0, 0.05) is 11.8 Å². The first-order valence-electron chi connectivity index (χ1n) is 6.66. The predicted molar refractivity (Wildman–Crippen MR) is 85.0 cm³/mol. The quantitative estimate of drug-likeness (QED) is 0.575. The lowest BCUT2D eigenvalue weighted by Gasteiger charge is -2.04. The van der Waals surface area contributed by atoms with E-state index in [0.29, 0.717) is 5.76 Å². The van der Waals surface area contributed by atoms with Crippen molar-refractivity contribution in [3.8, 4) is 11.5 Å². The summed E-state index contributed by atoms with van der Waals surface area (Å²) in [6, 6.07) is 16.0. The highest BCUT2D eigenvalue weighted by Crippen LogP contribution is 2.24. The molecule has 4 nitrogen and oxygen atoms in total. The maximum absolute atomic E-state index is 5.77. The Kier molecular flexibility index (Phi) is 4.21. The number of hydrogen-bond donors (Lipinski definition) is 1. The highest BCUT2D eigenvalue weighted by Gasteiger charge is 2.07. The fourth-order valence-corrected chi connectivity index (χ4v) is 2.89. The molecule has 1 aromatic carbocycles.